The van der Waals surface area contributed by atoms with E-state index in [9.17, 15) is 9.59 Å². The molecule has 2 N–H and O–H groups in total. The molecule has 2 aromatic heterocycles. The van der Waals surface area contributed by atoms with Crippen LogP contribution in [0.15, 0.2) is 17.1 Å². The van der Waals surface area contributed by atoms with Gasteiger partial charge < -0.3 is 10.1 Å². The molecule has 8 heteroatoms. The van der Waals surface area contributed by atoms with Gasteiger partial charge in [0.05, 0.1) is 17.9 Å². The lowest BCUT2D eigenvalue weighted by molar-refractivity contribution is 0.0950. The van der Waals surface area contributed by atoms with E-state index in [1.54, 1.807) is 0 Å². The number of aromatic nitrogens is 3. The molecule has 2 heterocycles. The standard InChI is InChI=1S/C19H23ClN4O3/c1-3-13-14(18(26)24-23-16(13)4-2)9-21-17(25)12-7-15(20)19(22-8-12)27-10-11-5-6-11/h7-8,11H,3-6,9-10H2,1-2H3,(H,21,25)(H,24,26). The highest BCUT2D eigenvalue weighted by Crippen LogP contribution is 2.31. The van der Waals surface area contributed by atoms with Gasteiger partial charge in [0.1, 0.15) is 5.02 Å². The van der Waals surface area contributed by atoms with Gasteiger partial charge >= 0.3 is 0 Å². The Balaban J connectivity index is 1.69. The van der Waals surface area contributed by atoms with Crippen molar-refractivity contribution < 1.29 is 9.53 Å². The predicted molar refractivity (Wildman–Crippen MR) is 102 cm³/mol. The van der Waals surface area contributed by atoms with E-state index in [0.717, 1.165) is 11.3 Å². The largest absolute Gasteiger partial charge is 0.476 e. The molecular weight excluding hydrogens is 368 g/mol. The zero-order chi connectivity index (χ0) is 19.4. The number of hydrogen-bond donors (Lipinski definition) is 2. The molecule has 144 valence electrons. The Kier molecular flexibility index (Phi) is 6.11. The van der Waals surface area contributed by atoms with E-state index in [2.05, 4.69) is 20.5 Å². The third kappa shape index (κ3) is 4.66. The van der Waals surface area contributed by atoms with Crippen LogP contribution < -0.4 is 15.6 Å². The second-order valence-electron chi connectivity index (χ2n) is 6.61. The quantitative estimate of drug-likeness (QED) is 0.722. The first-order chi connectivity index (χ1) is 13.0. The fourth-order valence-corrected chi connectivity index (χ4v) is 3.09. The van der Waals surface area contributed by atoms with E-state index >= 15 is 0 Å². The van der Waals surface area contributed by atoms with Gasteiger partial charge in [-0.05, 0) is 43.2 Å². The SMILES string of the molecule is CCc1n[nH]c(=O)c(CNC(=O)c2cnc(OCC3CC3)c(Cl)c2)c1CC. The van der Waals surface area contributed by atoms with Crippen molar-refractivity contribution in [2.75, 3.05) is 6.61 Å². The van der Waals surface area contributed by atoms with Crippen LogP contribution in [0.2, 0.25) is 5.02 Å². The average molecular weight is 391 g/mol. The van der Waals surface area contributed by atoms with E-state index in [0.29, 0.717) is 47.4 Å². The third-order valence-electron chi connectivity index (χ3n) is 4.62. The van der Waals surface area contributed by atoms with E-state index in [4.69, 9.17) is 16.3 Å². The van der Waals surface area contributed by atoms with Crippen molar-refractivity contribution in [1.29, 1.82) is 0 Å². The number of hydrogen-bond acceptors (Lipinski definition) is 5. The van der Waals surface area contributed by atoms with Crippen molar-refractivity contribution in [1.82, 2.24) is 20.5 Å². The maximum Gasteiger partial charge on any atom is 0.269 e. The molecule has 0 atom stereocenters. The summed E-state index contributed by atoms with van der Waals surface area (Å²) in [6.45, 7) is 4.65. The summed E-state index contributed by atoms with van der Waals surface area (Å²) in [5, 5.41) is 9.63. The molecule has 0 aliphatic heterocycles. The lowest BCUT2D eigenvalue weighted by Crippen LogP contribution is -2.29. The number of pyridine rings is 1. The van der Waals surface area contributed by atoms with Crippen LogP contribution in [-0.4, -0.2) is 27.7 Å². The van der Waals surface area contributed by atoms with Crippen molar-refractivity contribution in [3.8, 4) is 5.88 Å². The fraction of sp³-hybridized carbons (Fsp3) is 0.474. The van der Waals surface area contributed by atoms with Crippen LogP contribution in [-0.2, 0) is 19.4 Å². The smallest absolute Gasteiger partial charge is 0.269 e. The Morgan fingerprint density at radius 1 is 1.33 bits per heavy atom. The molecule has 1 fully saturated rings. The lowest BCUT2D eigenvalue weighted by atomic mass is 10.0. The summed E-state index contributed by atoms with van der Waals surface area (Å²) >= 11 is 6.18. The Labute approximate surface area is 162 Å². The van der Waals surface area contributed by atoms with Crippen LogP contribution in [0.25, 0.3) is 0 Å². The van der Waals surface area contributed by atoms with Crippen molar-refractivity contribution in [3.05, 3.63) is 50.0 Å². The van der Waals surface area contributed by atoms with Gasteiger partial charge in [0.15, 0.2) is 0 Å². The first-order valence-corrected chi connectivity index (χ1v) is 9.57. The highest BCUT2D eigenvalue weighted by molar-refractivity contribution is 6.32. The summed E-state index contributed by atoms with van der Waals surface area (Å²) in [5.74, 6) is 0.575. The fourth-order valence-electron chi connectivity index (χ4n) is 2.87. The Morgan fingerprint density at radius 3 is 2.74 bits per heavy atom. The van der Waals surface area contributed by atoms with Gasteiger partial charge in [-0.25, -0.2) is 10.1 Å². The molecule has 1 amide bonds. The van der Waals surface area contributed by atoms with E-state index in [-0.39, 0.29) is 18.0 Å². The number of rotatable bonds is 8. The third-order valence-corrected chi connectivity index (χ3v) is 4.89. The van der Waals surface area contributed by atoms with Crippen LogP contribution in [0.3, 0.4) is 0 Å². The number of aryl methyl sites for hydroxylation is 1. The molecule has 0 spiro atoms. The molecule has 0 radical (unpaired) electrons. The highest BCUT2D eigenvalue weighted by atomic mass is 35.5. The number of aromatic amines is 1. The summed E-state index contributed by atoms with van der Waals surface area (Å²) in [6.07, 6.45) is 5.16. The summed E-state index contributed by atoms with van der Waals surface area (Å²) in [5.41, 5.74) is 2.27. The molecular formula is C19H23ClN4O3. The maximum absolute atomic E-state index is 12.4. The molecule has 2 aromatic rings. The zero-order valence-electron chi connectivity index (χ0n) is 15.5. The summed E-state index contributed by atoms with van der Waals surface area (Å²) < 4.78 is 5.57. The number of nitrogens with one attached hydrogen (secondary N) is 2. The van der Waals surface area contributed by atoms with Crippen molar-refractivity contribution in [3.63, 3.8) is 0 Å². The first-order valence-electron chi connectivity index (χ1n) is 9.19. The number of carbonyl (C=O) groups excluding carboxylic acids is 1. The highest BCUT2D eigenvalue weighted by Gasteiger charge is 2.23. The van der Waals surface area contributed by atoms with Crippen LogP contribution in [0.5, 0.6) is 5.88 Å². The van der Waals surface area contributed by atoms with E-state index in [1.807, 2.05) is 13.8 Å². The minimum Gasteiger partial charge on any atom is -0.476 e. The molecule has 1 aliphatic carbocycles. The van der Waals surface area contributed by atoms with Crippen LogP contribution >= 0.6 is 11.6 Å². The predicted octanol–water partition coefficient (Wildman–Crippen LogP) is 2.66. The molecule has 0 aromatic carbocycles. The number of halogens is 1. The molecule has 0 bridgehead atoms. The van der Waals surface area contributed by atoms with Crippen molar-refractivity contribution in [2.24, 2.45) is 5.92 Å². The summed E-state index contributed by atoms with van der Waals surface area (Å²) in [6, 6.07) is 1.53. The summed E-state index contributed by atoms with van der Waals surface area (Å²) in [4.78, 5) is 28.7. The number of H-pyrrole nitrogens is 1. The van der Waals surface area contributed by atoms with Gasteiger partial charge in [0.25, 0.3) is 11.5 Å². The van der Waals surface area contributed by atoms with Crippen LogP contribution in [0.4, 0.5) is 0 Å². The second-order valence-corrected chi connectivity index (χ2v) is 7.02. The Morgan fingerprint density at radius 2 is 2.11 bits per heavy atom. The number of ether oxygens (including phenoxy) is 1. The first kappa shape index (κ1) is 19.4. The minimum absolute atomic E-state index is 0.115. The molecule has 1 aliphatic rings. The van der Waals surface area contributed by atoms with Gasteiger partial charge in [-0.15, -0.1) is 0 Å². The molecule has 27 heavy (non-hydrogen) atoms. The average Bonchev–Trinajstić information content (AvgIpc) is 3.49. The van der Waals surface area contributed by atoms with Gasteiger partial charge in [0, 0.05) is 18.3 Å². The normalized spacial score (nSPS) is 13.4. The zero-order valence-corrected chi connectivity index (χ0v) is 16.2. The number of carbonyl (C=O) groups is 1. The Bertz CT molecular complexity index is 893. The van der Waals surface area contributed by atoms with Crippen LogP contribution in [0.1, 0.15) is 53.9 Å². The molecule has 0 unspecified atom stereocenters. The molecule has 1 saturated carbocycles. The topological polar surface area (TPSA) is 97.0 Å². The van der Waals surface area contributed by atoms with Crippen molar-refractivity contribution in [2.45, 2.75) is 46.1 Å². The Hall–Kier alpha value is -2.41. The number of amides is 1. The van der Waals surface area contributed by atoms with Gasteiger partial charge in [-0.3, -0.25) is 9.59 Å². The monoisotopic (exact) mass is 390 g/mol. The van der Waals surface area contributed by atoms with Gasteiger partial charge in [0.2, 0.25) is 5.88 Å². The summed E-state index contributed by atoms with van der Waals surface area (Å²) in [7, 11) is 0. The molecule has 0 saturated heterocycles. The number of nitrogens with zero attached hydrogens (tertiary/aromatic N) is 2. The van der Waals surface area contributed by atoms with Crippen LogP contribution in [0, 0.1) is 5.92 Å². The van der Waals surface area contributed by atoms with Gasteiger partial charge in [-0.2, -0.15) is 5.10 Å². The van der Waals surface area contributed by atoms with E-state index < -0.39 is 0 Å². The second kappa shape index (κ2) is 8.52. The molecule has 3 rings (SSSR count). The lowest BCUT2D eigenvalue weighted by Gasteiger charge is -2.12. The minimum atomic E-state index is -0.352. The van der Waals surface area contributed by atoms with Crippen molar-refractivity contribution >= 4 is 17.5 Å². The maximum atomic E-state index is 12.4. The molecule has 7 nitrogen and oxygen atoms in total. The van der Waals surface area contributed by atoms with E-state index in [1.165, 1.54) is 25.1 Å². The van der Waals surface area contributed by atoms with Gasteiger partial charge in [-0.1, -0.05) is 25.4 Å².